The number of carbonyl (C=O) groups is 1. The number of likely N-dealkylation sites (tertiary alicyclic amines) is 1. The molecule has 0 saturated carbocycles. The molecule has 1 aromatic rings. The molecule has 1 fully saturated rings. The molecule has 0 radical (unpaired) electrons. The van der Waals surface area contributed by atoms with Crippen molar-refractivity contribution in [3.63, 3.8) is 0 Å². The molecule has 0 aromatic heterocycles. The topological polar surface area (TPSA) is 38.8 Å². The van der Waals surface area contributed by atoms with E-state index in [2.05, 4.69) is 36.9 Å². The van der Waals surface area contributed by atoms with E-state index in [1.54, 1.807) is 0 Å². The maximum Gasteiger partial charge on any atom is 0.309 e. The van der Waals surface area contributed by atoms with Crippen molar-refractivity contribution in [2.24, 2.45) is 5.92 Å². The van der Waals surface area contributed by atoms with Crippen LogP contribution >= 0.6 is 12.4 Å². The Bertz CT molecular complexity index is 513. The van der Waals surface area contributed by atoms with Gasteiger partial charge in [0, 0.05) is 6.54 Å². The first kappa shape index (κ1) is 21.8. The van der Waals surface area contributed by atoms with E-state index in [-0.39, 0.29) is 24.3 Å². The highest BCUT2D eigenvalue weighted by Crippen LogP contribution is 2.21. The molecular weight excluding hydrogens is 338 g/mol. The van der Waals surface area contributed by atoms with Crippen molar-refractivity contribution in [1.29, 1.82) is 0 Å². The van der Waals surface area contributed by atoms with Crippen molar-refractivity contribution in [2.45, 2.75) is 46.0 Å². The third-order valence-corrected chi connectivity index (χ3v) is 4.62. The van der Waals surface area contributed by atoms with Crippen molar-refractivity contribution >= 4 is 18.4 Å². The second-order valence-electron chi connectivity index (χ2n) is 6.80. The molecule has 1 saturated heterocycles. The molecule has 142 valence electrons. The number of rotatable bonds is 8. The number of benzene rings is 1. The maximum atomic E-state index is 11.7. The van der Waals surface area contributed by atoms with E-state index in [9.17, 15) is 4.79 Å². The average molecular weight is 370 g/mol. The van der Waals surface area contributed by atoms with Crippen molar-refractivity contribution in [1.82, 2.24) is 4.90 Å². The Morgan fingerprint density at radius 2 is 2.00 bits per heavy atom. The fourth-order valence-electron chi connectivity index (χ4n) is 3.09. The predicted molar refractivity (Wildman–Crippen MR) is 104 cm³/mol. The largest absolute Gasteiger partial charge is 0.494 e. The van der Waals surface area contributed by atoms with Gasteiger partial charge in [-0.15, -0.1) is 12.4 Å². The molecular formula is C20H32ClNO3. The van der Waals surface area contributed by atoms with Gasteiger partial charge in [-0.25, -0.2) is 0 Å². The summed E-state index contributed by atoms with van der Waals surface area (Å²) in [5.74, 6) is 1.55. The number of ether oxygens (including phenoxy) is 2. The third kappa shape index (κ3) is 7.25. The van der Waals surface area contributed by atoms with Gasteiger partial charge in [0.25, 0.3) is 0 Å². The van der Waals surface area contributed by atoms with Crippen LogP contribution in [0.2, 0.25) is 0 Å². The molecule has 0 N–H and O–H groups in total. The molecule has 1 aliphatic heterocycles. The Morgan fingerprint density at radius 1 is 1.28 bits per heavy atom. The van der Waals surface area contributed by atoms with Gasteiger partial charge in [-0.2, -0.15) is 0 Å². The SMILES string of the molecule is CCOC(=O)C1CCN(CCCOc2cccc(C(C)C)c2)CC1.Cl. The summed E-state index contributed by atoms with van der Waals surface area (Å²) in [6.45, 7) is 10.5. The lowest BCUT2D eigenvalue weighted by Crippen LogP contribution is -2.37. The van der Waals surface area contributed by atoms with Crippen LogP contribution in [0.1, 0.15) is 51.5 Å². The molecule has 1 aromatic carbocycles. The zero-order valence-corrected chi connectivity index (χ0v) is 16.5. The minimum Gasteiger partial charge on any atom is -0.494 e. The van der Waals surface area contributed by atoms with E-state index in [0.29, 0.717) is 12.5 Å². The van der Waals surface area contributed by atoms with Crippen LogP contribution in [0.5, 0.6) is 5.75 Å². The van der Waals surface area contributed by atoms with Crippen LogP contribution in [0, 0.1) is 5.92 Å². The fourth-order valence-corrected chi connectivity index (χ4v) is 3.09. The number of hydrogen-bond acceptors (Lipinski definition) is 4. The van der Waals surface area contributed by atoms with Gasteiger partial charge in [0.15, 0.2) is 0 Å². The fraction of sp³-hybridized carbons (Fsp3) is 0.650. The smallest absolute Gasteiger partial charge is 0.309 e. The summed E-state index contributed by atoms with van der Waals surface area (Å²) in [7, 11) is 0. The highest BCUT2D eigenvalue weighted by molar-refractivity contribution is 5.85. The summed E-state index contributed by atoms with van der Waals surface area (Å²) >= 11 is 0. The molecule has 0 unspecified atom stereocenters. The number of esters is 1. The van der Waals surface area contributed by atoms with Crippen LogP contribution < -0.4 is 4.74 Å². The van der Waals surface area contributed by atoms with Crippen LogP contribution in [-0.4, -0.2) is 43.7 Å². The molecule has 0 aliphatic carbocycles. The summed E-state index contributed by atoms with van der Waals surface area (Å²) in [6, 6.07) is 8.36. The van der Waals surface area contributed by atoms with E-state index in [0.717, 1.165) is 51.3 Å². The summed E-state index contributed by atoms with van der Waals surface area (Å²) in [5.41, 5.74) is 1.31. The second-order valence-corrected chi connectivity index (χ2v) is 6.80. The van der Waals surface area contributed by atoms with Crippen LogP contribution in [0.3, 0.4) is 0 Å². The van der Waals surface area contributed by atoms with Crippen LogP contribution in [0.25, 0.3) is 0 Å². The normalized spacial score (nSPS) is 15.7. The molecule has 1 aliphatic rings. The maximum absolute atomic E-state index is 11.7. The third-order valence-electron chi connectivity index (χ3n) is 4.62. The van der Waals surface area contributed by atoms with E-state index < -0.39 is 0 Å². The zero-order valence-electron chi connectivity index (χ0n) is 15.7. The summed E-state index contributed by atoms with van der Waals surface area (Å²) < 4.78 is 11.0. The van der Waals surface area contributed by atoms with E-state index >= 15 is 0 Å². The van der Waals surface area contributed by atoms with Crippen molar-refractivity contribution in [3.05, 3.63) is 29.8 Å². The average Bonchev–Trinajstić information content (AvgIpc) is 2.60. The molecule has 0 amide bonds. The standard InChI is InChI=1S/C20H31NO3.ClH/c1-4-23-20(22)17-9-12-21(13-10-17)11-6-14-24-19-8-5-7-18(15-19)16(2)3;/h5,7-8,15-17H,4,6,9-14H2,1-3H3;1H. The van der Waals surface area contributed by atoms with Gasteiger partial charge in [0.2, 0.25) is 0 Å². The molecule has 25 heavy (non-hydrogen) atoms. The Hall–Kier alpha value is -1.26. The Kier molecular flexibility index (Phi) is 9.91. The number of piperidine rings is 1. The van der Waals surface area contributed by atoms with Crippen LogP contribution in [-0.2, 0) is 9.53 Å². The molecule has 0 spiro atoms. The van der Waals surface area contributed by atoms with Gasteiger partial charge in [-0.1, -0.05) is 26.0 Å². The van der Waals surface area contributed by atoms with Crippen LogP contribution in [0.15, 0.2) is 24.3 Å². The Labute approximate surface area is 158 Å². The molecule has 4 nitrogen and oxygen atoms in total. The van der Waals surface area contributed by atoms with Gasteiger partial charge < -0.3 is 14.4 Å². The molecule has 0 bridgehead atoms. The molecule has 0 atom stereocenters. The lowest BCUT2D eigenvalue weighted by Gasteiger charge is -2.30. The number of nitrogens with zero attached hydrogens (tertiary/aromatic N) is 1. The monoisotopic (exact) mass is 369 g/mol. The van der Waals surface area contributed by atoms with Gasteiger partial charge in [-0.3, -0.25) is 4.79 Å². The van der Waals surface area contributed by atoms with E-state index in [1.807, 2.05) is 13.0 Å². The lowest BCUT2D eigenvalue weighted by molar-refractivity contribution is -0.149. The minimum absolute atomic E-state index is 0. The van der Waals surface area contributed by atoms with E-state index in [1.165, 1.54) is 5.56 Å². The number of hydrogen-bond donors (Lipinski definition) is 0. The van der Waals surface area contributed by atoms with Crippen molar-refractivity contribution in [2.75, 3.05) is 32.8 Å². The zero-order chi connectivity index (χ0) is 17.4. The van der Waals surface area contributed by atoms with Crippen molar-refractivity contribution in [3.8, 4) is 5.75 Å². The first-order chi connectivity index (χ1) is 11.6. The van der Waals surface area contributed by atoms with Gasteiger partial charge in [0.1, 0.15) is 5.75 Å². The molecule has 5 heteroatoms. The van der Waals surface area contributed by atoms with Crippen LogP contribution in [0.4, 0.5) is 0 Å². The lowest BCUT2D eigenvalue weighted by atomic mass is 9.97. The molecule has 2 rings (SSSR count). The van der Waals surface area contributed by atoms with Gasteiger partial charge in [0.05, 0.1) is 19.1 Å². The highest BCUT2D eigenvalue weighted by atomic mass is 35.5. The minimum atomic E-state index is -0.0227. The van der Waals surface area contributed by atoms with Crippen molar-refractivity contribution < 1.29 is 14.3 Å². The summed E-state index contributed by atoms with van der Waals surface area (Å²) in [5, 5.41) is 0. The molecule has 1 heterocycles. The summed E-state index contributed by atoms with van der Waals surface area (Å²) in [4.78, 5) is 14.2. The van der Waals surface area contributed by atoms with E-state index in [4.69, 9.17) is 9.47 Å². The highest BCUT2D eigenvalue weighted by Gasteiger charge is 2.25. The van der Waals surface area contributed by atoms with Gasteiger partial charge >= 0.3 is 5.97 Å². The summed E-state index contributed by atoms with van der Waals surface area (Å²) in [6.07, 6.45) is 2.84. The first-order valence-electron chi connectivity index (χ1n) is 9.22. The number of halogens is 1. The van der Waals surface area contributed by atoms with Gasteiger partial charge in [-0.05, 0) is 62.9 Å². The Morgan fingerprint density at radius 3 is 2.64 bits per heavy atom. The quantitative estimate of drug-likeness (QED) is 0.506. The Balaban J connectivity index is 0.00000312. The number of carbonyl (C=O) groups excluding carboxylic acids is 1. The predicted octanol–water partition coefficient (Wildman–Crippen LogP) is 4.28. The second kappa shape index (κ2) is 11.4. The first-order valence-corrected chi connectivity index (χ1v) is 9.22.